The fraction of sp³-hybridized carbons (Fsp3) is 0.190. The van der Waals surface area contributed by atoms with Gasteiger partial charge in [0.1, 0.15) is 0 Å². The highest BCUT2D eigenvalue weighted by Crippen LogP contribution is 2.26. The molecule has 9 heteroatoms. The van der Waals surface area contributed by atoms with E-state index in [0.29, 0.717) is 33.1 Å². The molecule has 2 heterocycles. The Bertz CT molecular complexity index is 1360. The lowest BCUT2D eigenvalue weighted by Gasteiger charge is -2.13. The Morgan fingerprint density at radius 1 is 1.07 bits per heavy atom. The molecule has 0 spiro atoms. The summed E-state index contributed by atoms with van der Waals surface area (Å²) in [7, 11) is 1.64. The van der Waals surface area contributed by atoms with Gasteiger partial charge in [0.15, 0.2) is 10.9 Å². The zero-order chi connectivity index (χ0) is 21.4. The molecule has 0 saturated heterocycles. The predicted octanol–water partition coefficient (Wildman–Crippen LogP) is 2.90. The minimum Gasteiger partial charge on any atom is -0.324 e. The van der Waals surface area contributed by atoms with E-state index in [1.165, 1.54) is 23.3 Å². The van der Waals surface area contributed by atoms with E-state index >= 15 is 0 Å². The standard InChI is InChI=1S/C21H19N5O3S/c1-12(27)14-8-4-6-10-16(14)22-18(28)13(2)30-21-24-23-20-25(3)19(29)15-9-5-7-11-17(15)26(20)21/h4-11,13H,1-3H3,(H,22,28). The van der Waals surface area contributed by atoms with Crippen LogP contribution in [0, 0.1) is 0 Å². The Hall–Kier alpha value is -3.46. The summed E-state index contributed by atoms with van der Waals surface area (Å²) in [6, 6.07) is 14.1. The van der Waals surface area contributed by atoms with Gasteiger partial charge in [0.25, 0.3) is 5.56 Å². The number of aryl methyl sites for hydroxylation is 1. The summed E-state index contributed by atoms with van der Waals surface area (Å²) in [6.07, 6.45) is 0. The number of rotatable bonds is 5. The molecule has 1 atom stereocenters. The van der Waals surface area contributed by atoms with Crippen molar-refractivity contribution >= 4 is 45.8 Å². The van der Waals surface area contributed by atoms with Gasteiger partial charge in [-0.15, -0.1) is 10.2 Å². The number of nitrogens with zero attached hydrogens (tertiary/aromatic N) is 4. The Kier molecular flexibility index (Phi) is 5.13. The number of hydrogen-bond donors (Lipinski definition) is 1. The molecule has 0 saturated carbocycles. The monoisotopic (exact) mass is 421 g/mol. The van der Waals surface area contributed by atoms with Crippen LogP contribution in [0.25, 0.3) is 16.7 Å². The van der Waals surface area contributed by atoms with Crippen molar-refractivity contribution in [3.8, 4) is 0 Å². The van der Waals surface area contributed by atoms with Crippen LogP contribution in [-0.4, -0.2) is 36.1 Å². The highest BCUT2D eigenvalue weighted by molar-refractivity contribution is 8.00. The summed E-state index contributed by atoms with van der Waals surface area (Å²) in [5.74, 6) is 0.0114. The third kappa shape index (κ3) is 3.37. The fourth-order valence-electron chi connectivity index (χ4n) is 3.23. The molecular formula is C21H19N5O3S. The van der Waals surface area contributed by atoms with Gasteiger partial charge in [-0.25, -0.2) is 0 Å². The van der Waals surface area contributed by atoms with Crippen molar-refractivity contribution in [2.24, 2.45) is 7.05 Å². The highest BCUT2D eigenvalue weighted by atomic mass is 32.2. The first-order valence-electron chi connectivity index (χ1n) is 9.29. The fourth-order valence-corrected chi connectivity index (χ4v) is 4.09. The second kappa shape index (κ2) is 7.75. The van der Waals surface area contributed by atoms with Gasteiger partial charge < -0.3 is 5.32 Å². The van der Waals surface area contributed by atoms with Crippen molar-refractivity contribution in [3.63, 3.8) is 0 Å². The first kappa shape index (κ1) is 19.8. The van der Waals surface area contributed by atoms with E-state index in [-0.39, 0.29) is 17.2 Å². The summed E-state index contributed by atoms with van der Waals surface area (Å²) in [4.78, 5) is 37.1. The molecule has 8 nitrogen and oxygen atoms in total. The molecule has 2 aromatic heterocycles. The first-order chi connectivity index (χ1) is 14.4. The van der Waals surface area contributed by atoms with E-state index in [9.17, 15) is 14.4 Å². The van der Waals surface area contributed by atoms with Gasteiger partial charge in [-0.3, -0.25) is 23.4 Å². The predicted molar refractivity (Wildman–Crippen MR) is 116 cm³/mol. The van der Waals surface area contributed by atoms with Crippen LogP contribution in [0.2, 0.25) is 0 Å². The molecule has 0 aliphatic heterocycles. The molecule has 0 fully saturated rings. The summed E-state index contributed by atoms with van der Waals surface area (Å²) in [5, 5.41) is 11.7. The minimum atomic E-state index is -0.520. The molecule has 0 aliphatic carbocycles. The largest absolute Gasteiger partial charge is 0.324 e. The van der Waals surface area contributed by atoms with Crippen molar-refractivity contribution in [2.75, 3.05) is 5.32 Å². The normalized spacial score (nSPS) is 12.2. The number of aromatic nitrogens is 4. The SMILES string of the molecule is CC(=O)c1ccccc1NC(=O)C(C)Sc1nnc2n(C)c(=O)c3ccccc3n12. The number of benzene rings is 2. The minimum absolute atomic E-state index is 0.123. The van der Waals surface area contributed by atoms with E-state index in [2.05, 4.69) is 15.5 Å². The van der Waals surface area contributed by atoms with Crippen LogP contribution in [0.4, 0.5) is 5.69 Å². The van der Waals surface area contributed by atoms with Gasteiger partial charge in [-0.05, 0) is 38.1 Å². The molecule has 1 N–H and O–H groups in total. The first-order valence-corrected chi connectivity index (χ1v) is 10.2. The Labute approximate surface area is 175 Å². The molecule has 30 heavy (non-hydrogen) atoms. The maximum absolute atomic E-state index is 12.8. The molecule has 1 unspecified atom stereocenters. The summed E-state index contributed by atoms with van der Waals surface area (Å²) in [6.45, 7) is 3.21. The summed E-state index contributed by atoms with van der Waals surface area (Å²) in [5.41, 5.74) is 1.45. The van der Waals surface area contributed by atoms with Gasteiger partial charge >= 0.3 is 0 Å². The number of ketones is 1. The zero-order valence-corrected chi connectivity index (χ0v) is 17.4. The summed E-state index contributed by atoms with van der Waals surface area (Å²) < 4.78 is 3.21. The van der Waals surface area contributed by atoms with E-state index in [4.69, 9.17) is 0 Å². The third-order valence-electron chi connectivity index (χ3n) is 4.81. The number of amides is 1. The van der Waals surface area contributed by atoms with Crippen molar-refractivity contribution in [2.45, 2.75) is 24.3 Å². The van der Waals surface area contributed by atoms with E-state index in [1.807, 2.05) is 12.1 Å². The number of para-hydroxylation sites is 2. The average Bonchev–Trinajstić information content (AvgIpc) is 3.16. The third-order valence-corrected chi connectivity index (χ3v) is 5.85. The quantitative estimate of drug-likeness (QED) is 0.393. The van der Waals surface area contributed by atoms with Crippen molar-refractivity contribution in [1.82, 2.24) is 19.2 Å². The maximum atomic E-state index is 12.8. The Balaban J connectivity index is 1.67. The number of Topliss-reactive ketones (excluding diaryl/α,β-unsaturated/α-hetero) is 1. The van der Waals surface area contributed by atoms with Crippen molar-refractivity contribution in [3.05, 3.63) is 64.4 Å². The second-order valence-corrected chi connectivity index (χ2v) is 8.16. The number of carbonyl (C=O) groups excluding carboxylic acids is 2. The number of fused-ring (bicyclic) bond motifs is 3. The lowest BCUT2D eigenvalue weighted by molar-refractivity contribution is -0.115. The van der Waals surface area contributed by atoms with E-state index in [1.54, 1.807) is 54.8 Å². The highest BCUT2D eigenvalue weighted by Gasteiger charge is 2.21. The van der Waals surface area contributed by atoms with E-state index < -0.39 is 5.25 Å². The summed E-state index contributed by atoms with van der Waals surface area (Å²) >= 11 is 1.23. The van der Waals surface area contributed by atoms with E-state index in [0.717, 1.165) is 0 Å². The van der Waals surface area contributed by atoms with Crippen molar-refractivity contribution < 1.29 is 9.59 Å². The molecule has 2 aromatic carbocycles. The van der Waals surface area contributed by atoms with Gasteiger partial charge in [-0.1, -0.05) is 36.0 Å². The van der Waals surface area contributed by atoms with Crippen LogP contribution < -0.4 is 10.9 Å². The topological polar surface area (TPSA) is 98.4 Å². The number of anilines is 1. The van der Waals surface area contributed by atoms with Crippen LogP contribution in [-0.2, 0) is 11.8 Å². The molecule has 0 aliphatic rings. The zero-order valence-electron chi connectivity index (χ0n) is 16.6. The van der Waals surface area contributed by atoms with Gasteiger partial charge in [0.05, 0.1) is 21.8 Å². The van der Waals surface area contributed by atoms with Crippen LogP contribution >= 0.6 is 11.8 Å². The second-order valence-electron chi connectivity index (χ2n) is 6.85. The Morgan fingerprint density at radius 3 is 2.53 bits per heavy atom. The molecular weight excluding hydrogens is 402 g/mol. The van der Waals surface area contributed by atoms with Gasteiger partial charge in [-0.2, -0.15) is 0 Å². The van der Waals surface area contributed by atoms with Gasteiger partial charge in [0, 0.05) is 12.6 Å². The smallest absolute Gasteiger partial charge is 0.262 e. The molecule has 4 aromatic rings. The molecule has 4 rings (SSSR count). The molecule has 1 amide bonds. The molecule has 0 radical (unpaired) electrons. The lowest BCUT2D eigenvalue weighted by Crippen LogP contribution is -2.24. The van der Waals surface area contributed by atoms with Crippen LogP contribution in [0.15, 0.2) is 58.5 Å². The number of thioether (sulfide) groups is 1. The average molecular weight is 421 g/mol. The molecule has 152 valence electrons. The number of carbonyl (C=O) groups is 2. The number of nitrogens with one attached hydrogen (secondary N) is 1. The van der Waals surface area contributed by atoms with Crippen molar-refractivity contribution in [1.29, 1.82) is 0 Å². The maximum Gasteiger partial charge on any atom is 0.262 e. The van der Waals surface area contributed by atoms with Gasteiger partial charge in [0.2, 0.25) is 11.7 Å². The Morgan fingerprint density at radius 2 is 1.77 bits per heavy atom. The lowest BCUT2D eigenvalue weighted by atomic mass is 10.1. The number of hydrogen-bond acceptors (Lipinski definition) is 6. The molecule has 0 bridgehead atoms. The van der Waals surface area contributed by atoms with Crippen LogP contribution in [0.5, 0.6) is 0 Å². The van der Waals surface area contributed by atoms with Crippen LogP contribution in [0.1, 0.15) is 24.2 Å². The van der Waals surface area contributed by atoms with Crippen LogP contribution in [0.3, 0.4) is 0 Å².